The minimum absolute atomic E-state index is 0.0137. The van der Waals surface area contributed by atoms with Gasteiger partial charge < -0.3 is 9.13 Å². The van der Waals surface area contributed by atoms with Gasteiger partial charge in [0.1, 0.15) is 0 Å². The summed E-state index contributed by atoms with van der Waals surface area (Å²) in [5.74, 6) is 0. The van der Waals surface area contributed by atoms with Crippen LogP contribution in [0.25, 0.3) is 125 Å². The number of nitriles is 6. The van der Waals surface area contributed by atoms with Gasteiger partial charge in [-0.15, -0.1) is 0 Å². The third kappa shape index (κ3) is 9.21. The first-order valence-corrected chi connectivity index (χ1v) is 26.2. The molecule has 0 radical (unpaired) electrons. The average molecular weight is 1150 g/mol. The SMILES string of the molecule is [C-]#[N+]c1ccc(-c2ccc3c(c2)c2cc(-c4ccc(C#N)cc4[N+]#[C-])ccc2n3-c2cc([N+]#[C-])c(-c3ccc(C(F)(F)F)cc3C(F)(F)F)cc2-n2c3ccc(-c4ccc(C#N)cc4C#N)cc3c3cc(-c4ccc(C#N)cc4C#N)ccc32)c(C#N)c1. The third-order valence-electron chi connectivity index (χ3n) is 15.5. The van der Waals surface area contributed by atoms with Crippen LogP contribution in [0.3, 0.4) is 0 Å². The second-order valence-corrected chi connectivity index (χ2v) is 20.2. The van der Waals surface area contributed by atoms with Gasteiger partial charge in [-0.25, -0.2) is 14.5 Å². The summed E-state index contributed by atoms with van der Waals surface area (Å²) in [6.07, 6.45) is -10.6. The second kappa shape index (κ2) is 21.2. The van der Waals surface area contributed by atoms with Crippen LogP contribution in [0.4, 0.5) is 43.4 Å². The van der Waals surface area contributed by atoms with Crippen LogP contribution in [0.2, 0.25) is 0 Å². The summed E-state index contributed by atoms with van der Waals surface area (Å²) < 4.78 is 92.8. The first kappa shape index (κ1) is 55.3. The molecule has 0 saturated carbocycles. The Bertz CT molecular complexity index is 5240. The lowest BCUT2D eigenvalue weighted by Crippen LogP contribution is -2.12. The predicted octanol–water partition coefficient (Wildman–Crippen LogP) is 19.1. The van der Waals surface area contributed by atoms with E-state index in [0.29, 0.717) is 100 Å². The molecule has 0 amide bonds. The molecular weight excluding hydrogens is 1120 g/mol. The Hall–Kier alpha value is -13.2. The molecule has 0 aliphatic heterocycles. The highest BCUT2D eigenvalue weighted by Crippen LogP contribution is 2.49. The molecule has 0 aliphatic carbocycles. The van der Waals surface area contributed by atoms with Gasteiger partial charge in [-0.3, -0.25) is 0 Å². The largest absolute Gasteiger partial charge is 0.416 e. The summed E-state index contributed by atoms with van der Waals surface area (Å²) in [5, 5.41) is 62.4. The molecule has 0 bridgehead atoms. The minimum Gasteiger partial charge on any atom is -0.308 e. The Morgan fingerprint density at radius 3 is 1.12 bits per heavy atom. The zero-order valence-electron chi connectivity index (χ0n) is 44.9. The topological polar surface area (TPSA) is 166 Å². The fourth-order valence-electron chi connectivity index (χ4n) is 11.5. The lowest BCUT2D eigenvalue weighted by Gasteiger charge is -2.22. The number of rotatable bonds is 7. The Morgan fingerprint density at radius 2 is 0.716 bits per heavy atom. The fourth-order valence-corrected chi connectivity index (χ4v) is 11.5. The van der Waals surface area contributed by atoms with E-state index in [-0.39, 0.29) is 73.4 Å². The van der Waals surface area contributed by atoms with Crippen LogP contribution in [-0.2, 0) is 12.4 Å². The van der Waals surface area contributed by atoms with Gasteiger partial charge in [0.25, 0.3) is 0 Å². The van der Waals surface area contributed by atoms with Crippen LogP contribution >= 0.6 is 0 Å². The van der Waals surface area contributed by atoms with E-state index >= 15 is 13.2 Å². The average Bonchev–Trinajstić information content (AvgIpc) is 1.63. The Morgan fingerprint density at radius 1 is 0.330 bits per heavy atom. The smallest absolute Gasteiger partial charge is 0.308 e. The van der Waals surface area contributed by atoms with Gasteiger partial charge in [0, 0.05) is 32.7 Å². The molecule has 410 valence electrons. The summed E-state index contributed by atoms with van der Waals surface area (Å²) in [7, 11) is 0. The van der Waals surface area contributed by atoms with Crippen LogP contribution < -0.4 is 0 Å². The highest BCUT2D eigenvalue weighted by molar-refractivity contribution is 6.15. The molecule has 0 N–H and O–H groups in total. The summed E-state index contributed by atoms with van der Waals surface area (Å²) in [4.78, 5) is 11.0. The van der Waals surface area contributed by atoms with Crippen molar-refractivity contribution in [3.8, 4) is 103 Å². The summed E-state index contributed by atoms with van der Waals surface area (Å²) in [5.41, 5.74) is 2.88. The van der Waals surface area contributed by atoms with Crippen molar-refractivity contribution >= 4 is 60.7 Å². The van der Waals surface area contributed by atoms with Crippen molar-refractivity contribution < 1.29 is 26.3 Å². The Kier molecular flexibility index (Phi) is 13.3. The van der Waals surface area contributed by atoms with Crippen molar-refractivity contribution in [2.24, 2.45) is 0 Å². The van der Waals surface area contributed by atoms with Crippen LogP contribution in [0, 0.1) is 87.7 Å². The van der Waals surface area contributed by atoms with Crippen LogP contribution in [0.5, 0.6) is 0 Å². The van der Waals surface area contributed by atoms with Gasteiger partial charge in [-0.05, 0) is 171 Å². The number of alkyl halides is 6. The normalized spacial score (nSPS) is 11.2. The first-order chi connectivity index (χ1) is 42.4. The molecule has 0 unspecified atom stereocenters. The van der Waals surface area contributed by atoms with E-state index in [1.54, 1.807) is 118 Å². The lowest BCUT2D eigenvalue weighted by atomic mass is 9.94. The van der Waals surface area contributed by atoms with Crippen molar-refractivity contribution in [3.05, 3.63) is 255 Å². The predicted molar refractivity (Wildman–Crippen MR) is 319 cm³/mol. The fraction of sp³-hybridized carbons (Fsp3) is 0.0282. The van der Waals surface area contributed by atoms with Gasteiger partial charge in [0.05, 0.1) is 123 Å². The van der Waals surface area contributed by atoms with E-state index in [9.17, 15) is 44.7 Å². The molecule has 0 saturated heterocycles. The van der Waals surface area contributed by atoms with E-state index in [4.69, 9.17) is 19.7 Å². The maximum Gasteiger partial charge on any atom is 0.416 e. The number of benzene rings is 10. The van der Waals surface area contributed by atoms with Crippen molar-refractivity contribution in [2.45, 2.75) is 12.4 Å². The Labute approximate surface area is 496 Å². The second-order valence-electron chi connectivity index (χ2n) is 20.2. The van der Waals surface area contributed by atoms with E-state index in [1.807, 2.05) is 24.3 Å². The third-order valence-corrected chi connectivity index (χ3v) is 15.5. The van der Waals surface area contributed by atoms with E-state index in [1.165, 1.54) is 36.4 Å². The van der Waals surface area contributed by atoms with Crippen molar-refractivity contribution in [1.82, 2.24) is 9.13 Å². The van der Waals surface area contributed by atoms with E-state index in [2.05, 4.69) is 38.8 Å². The standard InChI is InChI=1S/C71H29F6N11/c1-84-50-12-17-53(48(25-50)38-83)44-9-20-66-59(28-44)60-29-45(54-15-6-41(35-80)24-62(54)85-2)10-21-67(60)88(66)69-32-63(86-3)56(55-16-11-49(70(72,73)74)30-61(55)71(75,76)77)31-68(69)87-64-18-7-42(51-13-4-39(33-78)22-46(51)36-81)26-57(64)58-27-43(8-19-65(58)87)52-14-5-40(34-79)23-47(52)37-82/h4-32H. The number of nitrogens with zero attached hydrogens (tertiary/aromatic N) is 11. The Balaban J connectivity index is 1.24. The van der Waals surface area contributed by atoms with Crippen LogP contribution in [0.1, 0.15) is 44.5 Å². The van der Waals surface area contributed by atoms with Gasteiger partial charge in [0.15, 0.2) is 17.1 Å². The molecule has 0 spiro atoms. The number of hydrogen-bond acceptors (Lipinski definition) is 6. The van der Waals surface area contributed by atoms with E-state index < -0.39 is 29.0 Å². The first-order valence-electron chi connectivity index (χ1n) is 26.2. The van der Waals surface area contributed by atoms with Crippen molar-refractivity contribution in [2.75, 3.05) is 0 Å². The molecule has 0 atom stereocenters. The van der Waals surface area contributed by atoms with Gasteiger partial charge in [0.2, 0.25) is 0 Å². The molecule has 10 aromatic carbocycles. The number of aromatic nitrogens is 2. The van der Waals surface area contributed by atoms with E-state index in [0.717, 1.165) is 0 Å². The molecule has 12 rings (SSSR count). The zero-order chi connectivity index (χ0) is 61.9. The lowest BCUT2D eigenvalue weighted by molar-refractivity contribution is -0.142. The molecule has 17 heteroatoms. The molecule has 2 aromatic heterocycles. The molecule has 0 fully saturated rings. The van der Waals surface area contributed by atoms with Crippen LogP contribution in [-0.4, -0.2) is 9.13 Å². The van der Waals surface area contributed by atoms with Crippen LogP contribution in [0.15, 0.2) is 176 Å². The van der Waals surface area contributed by atoms with Gasteiger partial charge >= 0.3 is 12.4 Å². The zero-order valence-corrected chi connectivity index (χ0v) is 44.9. The number of fused-ring (bicyclic) bond motifs is 6. The maximum atomic E-state index is 15.4. The summed E-state index contributed by atoms with van der Waals surface area (Å²) in [6, 6.07) is 56.3. The van der Waals surface area contributed by atoms with Gasteiger partial charge in [-0.2, -0.15) is 57.9 Å². The molecule has 11 nitrogen and oxygen atoms in total. The minimum atomic E-state index is -5.37. The molecule has 2 heterocycles. The summed E-state index contributed by atoms with van der Waals surface area (Å²) >= 11 is 0. The molecular formula is C71H29F6N11. The monoisotopic (exact) mass is 1150 g/mol. The molecule has 88 heavy (non-hydrogen) atoms. The number of hydrogen-bond donors (Lipinski definition) is 0. The van der Waals surface area contributed by atoms with Crippen molar-refractivity contribution in [3.63, 3.8) is 0 Å². The highest BCUT2D eigenvalue weighted by Gasteiger charge is 2.39. The highest BCUT2D eigenvalue weighted by atomic mass is 19.4. The van der Waals surface area contributed by atoms with Crippen molar-refractivity contribution in [1.29, 1.82) is 31.6 Å². The molecule has 0 aliphatic rings. The molecule has 12 aromatic rings. The maximum absolute atomic E-state index is 15.4. The quantitative estimate of drug-likeness (QED) is 0.114. The van der Waals surface area contributed by atoms with Gasteiger partial charge in [-0.1, -0.05) is 60.7 Å². The number of halogens is 6. The summed E-state index contributed by atoms with van der Waals surface area (Å²) in [6.45, 7) is 24.3.